The van der Waals surface area contributed by atoms with E-state index in [-0.39, 0.29) is 17.9 Å². The summed E-state index contributed by atoms with van der Waals surface area (Å²) in [7, 11) is 0. The van der Waals surface area contributed by atoms with E-state index in [4.69, 9.17) is 0 Å². The van der Waals surface area contributed by atoms with E-state index in [9.17, 15) is 14.7 Å². The molecule has 0 unspecified atom stereocenters. The summed E-state index contributed by atoms with van der Waals surface area (Å²) >= 11 is 1.40. The van der Waals surface area contributed by atoms with Gasteiger partial charge in [0.25, 0.3) is 5.91 Å². The van der Waals surface area contributed by atoms with Crippen LogP contribution in [0, 0.1) is 13.8 Å². The zero-order chi connectivity index (χ0) is 15.6. The van der Waals surface area contributed by atoms with E-state index < -0.39 is 6.10 Å². The Bertz CT molecular complexity index is 544. The van der Waals surface area contributed by atoms with Gasteiger partial charge in [-0.1, -0.05) is 0 Å². The lowest BCUT2D eigenvalue weighted by molar-refractivity contribution is -0.120. The molecule has 0 saturated carbocycles. The molecule has 1 aromatic rings. The Labute approximate surface area is 128 Å². The second-order valence-corrected chi connectivity index (χ2v) is 6.59. The first-order valence-electron chi connectivity index (χ1n) is 7.07. The van der Waals surface area contributed by atoms with Crippen LogP contribution in [0.5, 0.6) is 0 Å². The summed E-state index contributed by atoms with van der Waals surface area (Å²) < 4.78 is 0. The third-order valence-electron chi connectivity index (χ3n) is 3.64. The number of aliphatic hydroxyl groups is 1. The summed E-state index contributed by atoms with van der Waals surface area (Å²) in [4.78, 5) is 30.4. The van der Waals surface area contributed by atoms with Crippen molar-refractivity contribution in [2.75, 3.05) is 13.1 Å². The monoisotopic (exact) mass is 311 g/mol. The molecule has 1 fully saturated rings. The average Bonchev–Trinajstić information content (AvgIpc) is 2.63. The lowest BCUT2D eigenvalue weighted by Gasteiger charge is -2.20. The molecule has 0 radical (unpaired) electrons. The number of aromatic nitrogens is 1. The van der Waals surface area contributed by atoms with Crippen molar-refractivity contribution in [1.82, 2.24) is 15.2 Å². The quantitative estimate of drug-likeness (QED) is 0.849. The Morgan fingerprint density at radius 1 is 1.33 bits per heavy atom. The molecule has 1 aromatic heterocycles. The minimum atomic E-state index is -0.615. The van der Waals surface area contributed by atoms with Crippen molar-refractivity contribution in [2.24, 2.45) is 0 Å². The highest BCUT2D eigenvalue weighted by atomic mass is 32.1. The predicted octanol–water partition coefficient (Wildman–Crippen LogP) is 0.862. The molecule has 0 spiro atoms. The Kier molecular flexibility index (Phi) is 4.95. The number of thiazole rings is 1. The molecule has 2 rings (SSSR count). The zero-order valence-electron chi connectivity index (χ0n) is 12.5. The van der Waals surface area contributed by atoms with Gasteiger partial charge in [0.2, 0.25) is 5.91 Å². The van der Waals surface area contributed by atoms with Crippen molar-refractivity contribution < 1.29 is 14.7 Å². The minimum Gasteiger partial charge on any atom is -0.391 e. The van der Waals surface area contributed by atoms with Gasteiger partial charge in [0, 0.05) is 20.0 Å². The van der Waals surface area contributed by atoms with Gasteiger partial charge < -0.3 is 15.3 Å². The Morgan fingerprint density at radius 3 is 2.57 bits per heavy atom. The third-order valence-corrected chi connectivity index (χ3v) is 4.70. The number of rotatable bonds is 2. The van der Waals surface area contributed by atoms with Crippen molar-refractivity contribution in [3.05, 3.63) is 15.6 Å². The lowest BCUT2D eigenvalue weighted by atomic mass is 10.1. The topological polar surface area (TPSA) is 82.5 Å². The average molecular weight is 311 g/mol. The van der Waals surface area contributed by atoms with Gasteiger partial charge in [-0.05, 0) is 26.7 Å². The second-order valence-electron chi connectivity index (χ2n) is 5.39. The number of nitrogens with zero attached hydrogens (tertiary/aromatic N) is 2. The Morgan fingerprint density at radius 2 is 2.00 bits per heavy atom. The normalized spacial score (nSPS) is 22.8. The second kappa shape index (κ2) is 6.53. The summed E-state index contributed by atoms with van der Waals surface area (Å²) in [6.45, 7) is 6.17. The largest absolute Gasteiger partial charge is 0.391 e. The van der Waals surface area contributed by atoms with Crippen LogP contribution < -0.4 is 5.32 Å². The van der Waals surface area contributed by atoms with Crippen LogP contribution in [0.2, 0.25) is 0 Å². The Hall–Kier alpha value is -1.47. The van der Waals surface area contributed by atoms with Crippen LogP contribution in [0.1, 0.15) is 40.1 Å². The first kappa shape index (κ1) is 15.9. The molecule has 2 amide bonds. The van der Waals surface area contributed by atoms with Crippen LogP contribution in [0.3, 0.4) is 0 Å². The summed E-state index contributed by atoms with van der Waals surface area (Å²) in [5, 5.41) is 13.7. The summed E-state index contributed by atoms with van der Waals surface area (Å²) in [5.74, 6) is -0.193. The smallest absolute Gasteiger partial charge is 0.265 e. The molecular formula is C14H21N3O3S. The van der Waals surface area contributed by atoms with Crippen molar-refractivity contribution in [2.45, 2.75) is 45.8 Å². The van der Waals surface area contributed by atoms with E-state index in [0.29, 0.717) is 30.8 Å². The van der Waals surface area contributed by atoms with Gasteiger partial charge in [0.1, 0.15) is 4.88 Å². The van der Waals surface area contributed by atoms with E-state index in [2.05, 4.69) is 10.3 Å². The Balaban J connectivity index is 2.07. The van der Waals surface area contributed by atoms with Gasteiger partial charge in [-0.15, -0.1) is 11.3 Å². The zero-order valence-corrected chi connectivity index (χ0v) is 13.4. The van der Waals surface area contributed by atoms with E-state index in [1.807, 2.05) is 13.8 Å². The van der Waals surface area contributed by atoms with Gasteiger partial charge in [-0.25, -0.2) is 4.98 Å². The molecule has 0 bridgehead atoms. The summed E-state index contributed by atoms with van der Waals surface area (Å²) in [6.07, 6.45) is 0.410. The molecule has 6 nitrogen and oxygen atoms in total. The van der Waals surface area contributed by atoms with E-state index in [0.717, 1.165) is 10.7 Å². The number of amides is 2. The maximum absolute atomic E-state index is 12.5. The molecule has 2 heterocycles. The van der Waals surface area contributed by atoms with E-state index >= 15 is 0 Å². The van der Waals surface area contributed by atoms with E-state index in [1.54, 1.807) is 4.90 Å². The van der Waals surface area contributed by atoms with Gasteiger partial charge in [0.05, 0.1) is 22.8 Å². The van der Waals surface area contributed by atoms with Crippen molar-refractivity contribution in [3.63, 3.8) is 0 Å². The fourth-order valence-corrected chi connectivity index (χ4v) is 3.48. The van der Waals surface area contributed by atoms with Gasteiger partial charge in [0.15, 0.2) is 0 Å². The maximum atomic E-state index is 12.5. The van der Waals surface area contributed by atoms with Crippen LogP contribution in [0.25, 0.3) is 0 Å². The molecule has 7 heteroatoms. The number of aryl methyl sites for hydroxylation is 2. The molecule has 2 N–H and O–H groups in total. The number of likely N-dealkylation sites (tertiary alicyclic amines) is 1. The number of nitrogens with one attached hydrogen (secondary N) is 1. The maximum Gasteiger partial charge on any atom is 0.265 e. The van der Waals surface area contributed by atoms with Crippen LogP contribution >= 0.6 is 11.3 Å². The number of hydrogen-bond donors (Lipinski definition) is 2. The third kappa shape index (κ3) is 3.79. The fraction of sp³-hybridized carbons (Fsp3) is 0.643. The molecular weight excluding hydrogens is 290 g/mol. The van der Waals surface area contributed by atoms with Gasteiger partial charge in [-0.3, -0.25) is 9.59 Å². The lowest BCUT2D eigenvalue weighted by Crippen LogP contribution is -2.42. The molecule has 0 aromatic carbocycles. The highest BCUT2D eigenvalue weighted by Gasteiger charge is 2.29. The molecule has 2 atom stereocenters. The number of carbonyl (C=O) groups is 2. The van der Waals surface area contributed by atoms with E-state index in [1.165, 1.54) is 18.3 Å². The van der Waals surface area contributed by atoms with Gasteiger partial charge >= 0.3 is 0 Å². The molecule has 1 aliphatic heterocycles. The van der Waals surface area contributed by atoms with Crippen molar-refractivity contribution in [1.29, 1.82) is 0 Å². The minimum absolute atomic E-state index is 0.0335. The van der Waals surface area contributed by atoms with Crippen LogP contribution in [-0.4, -0.2) is 52.0 Å². The molecule has 1 saturated heterocycles. The van der Waals surface area contributed by atoms with Crippen LogP contribution in [0.15, 0.2) is 0 Å². The number of hydrogen-bond acceptors (Lipinski definition) is 5. The highest BCUT2D eigenvalue weighted by Crippen LogP contribution is 2.21. The fourth-order valence-electron chi connectivity index (χ4n) is 2.59. The number of aliphatic hydroxyl groups excluding tert-OH is 1. The van der Waals surface area contributed by atoms with Gasteiger partial charge in [-0.2, -0.15) is 0 Å². The highest BCUT2D eigenvalue weighted by molar-refractivity contribution is 7.13. The summed E-state index contributed by atoms with van der Waals surface area (Å²) in [5.41, 5.74) is 0.755. The number of carbonyl (C=O) groups excluding carboxylic acids is 2. The first-order chi connectivity index (χ1) is 9.88. The van der Waals surface area contributed by atoms with Crippen molar-refractivity contribution in [3.8, 4) is 0 Å². The van der Waals surface area contributed by atoms with Crippen LogP contribution in [-0.2, 0) is 4.79 Å². The van der Waals surface area contributed by atoms with Crippen LogP contribution in [0.4, 0.5) is 0 Å². The first-order valence-corrected chi connectivity index (χ1v) is 7.88. The summed E-state index contributed by atoms with van der Waals surface area (Å²) in [6, 6.07) is -0.287. The molecule has 21 heavy (non-hydrogen) atoms. The molecule has 0 aliphatic carbocycles. The standard InChI is InChI=1S/C14H21N3O3S/c1-8-13(21-10(3)15-8)14(20)17-6-4-11(16-9(2)18)12(19)5-7-17/h11-12,19H,4-7H2,1-3H3,(H,16,18)/t11-,12-/m0/s1. The SMILES string of the molecule is CC(=O)N[C@H]1CCN(C(=O)c2sc(C)nc2C)CC[C@@H]1O. The molecule has 116 valence electrons. The molecule has 1 aliphatic rings. The van der Waals surface area contributed by atoms with Crippen molar-refractivity contribution >= 4 is 23.2 Å². The predicted molar refractivity (Wildman–Crippen MR) is 80.3 cm³/mol.